The van der Waals surface area contributed by atoms with Crippen molar-refractivity contribution < 1.29 is 14.4 Å². The molecule has 2 N–H and O–H groups in total. The Kier molecular flexibility index (Phi) is 7.07. The van der Waals surface area contributed by atoms with E-state index in [-0.39, 0.29) is 23.8 Å². The smallest absolute Gasteiger partial charge is 0.259 e. The van der Waals surface area contributed by atoms with Crippen LogP contribution in [-0.2, 0) is 9.59 Å². The Hall–Kier alpha value is -3.62. The van der Waals surface area contributed by atoms with Crippen LogP contribution in [0.5, 0.6) is 0 Å². The quantitative estimate of drug-likeness (QED) is 0.704. The van der Waals surface area contributed by atoms with Crippen molar-refractivity contribution in [3.05, 3.63) is 53.6 Å². The Balaban J connectivity index is 1.43. The van der Waals surface area contributed by atoms with E-state index >= 15 is 0 Å². The van der Waals surface area contributed by atoms with Crippen LogP contribution in [-0.4, -0.2) is 44.8 Å². The number of hydrazone groups is 1. The number of para-hydroxylation sites is 1. The van der Waals surface area contributed by atoms with Gasteiger partial charge in [-0.1, -0.05) is 18.2 Å². The van der Waals surface area contributed by atoms with Crippen molar-refractivity contribution in [1.29, 1.82) is 0 Å². The van der Waals surface area contributed by atoms with Crippen molar-refractivity contribution in [2.45, 2.75) is 57.9 Å². The van der Waals surface area contributed by atoms with Crippen LogP contribution in [0.2, 0.25) is 0 Å². The van der Waals surface area contributed by atoms with Crippen molar-refractivity contribution in [3.8, 4) is 0 Å². The van der Waals surface area contributed by atoms with Crippen molar-refractivity contribution in [2.24, 2.45) is 5.10 Å². The van der Waals surface area contributed by atoms with E-state index in [1.165, 1.54) is 0 Å². The van der Waals surface area contributed by atoms with E-state index in [1.54, 1.807) is 13.1 Å². The number of benzene rings is 1. The summed E-state index contributed by atoms with van der Waals surface area (Å²) in [5.41, 5.74) is 5.02. The molecule has 0 radical (unpaired) electrons. The minimum Gasteiger partial charge on any atom is -0.332 e. The zero-order chi connectivity index (χ0) is 23.2. The second-order valence-corrected chi connectivity index (χ2v) is 8.36. The maximum absolute atomic E-state index is 13.0. The summed E-state index contributed by atoms with van der Waals surface area (Å²) in [4.78, 5) is 47.9. The fraction of sp³-hybridized carbons (Fsp3) is 0.417. The van der Waals surface area contributed by atoms with E-state index in [0.717, 1.165) is 25.0 Å². The monoisotopic (exact) mass is 448 g/mol. The highest BCUT2D eigenvalue weighted by atomic mass is 16.2. The minimum absolute atomic E-state index is 0.0338. The minimum atomic E-state index is -0.262. The van der Waals surface area contributed by atoms with Crippen LogP contribution in [0.25, 0.3) is 0 Å². The lowest BCUT2D eigenvalue weighted by Gasteiger charge is -2.35. The summed E-state index contributed by atoms with van der Waals surface area (Å²) in [6.45, 7) is 2.45. The number of carbonyl (C=O) groups is 3. The average molecular weight is 449 g/mol. The molecule has 0 spiro atoms. The number of carbonyl (C=O) groups excluding carboxylic acids is 3. The molecule has 0 aliphatic carbocycles. The molecule has 2 aliphatic heterocycles. The van der Waals surface area contributed by atoms with Gasteiger partial charge < -0.3 is 10.2 Å². The number of amides is 3. The Morgan fingerprint density at radius 1 is 1.18 bits per heavy atom. The van der Waals surface area contributed by atoms with Gasteiger partial charge in [-0.3, -0.25) is 14.4 Å². The van der Waals surface area contributed by atoms with Crippen molar-refractivity contribution >= 4 is 29.1 Å². The fourth-order valence-corrected chi connectivity index (χ4v) is 4.17. The lowest BCUT2D eigenvalue weighted by molar-refractivity contribution is -0.135. The van der Waals surface area contributed by atoms with Crippen molar-refractivity contribution in [3.63, 3.8) is 0 Å². The third-order valence-electron chi connectivity index (χ3n) is 6.00. The highest BCUT2D eigenvalue weighted by molar-refractivity contribution is 6.04. The lowest BCUT2D eigenvalue weighted by atomic mass is 9.99. The van der Waals surface area contributed by atoms with Gasteiger partial charge in [0.15, 0.2) is 5.82 Å². The predicted octanol–water partition coefficient (Wildman–Crippen LogP) is 3.14. The van der Waals surface area contributed by atoms with Crippen LogP contribution in [0.1, 0.15) is 72.9 Å². The summed E-state index contributed by atoms with van der Waals surface area (Å²) in [6, 6.07) is 9.03. The van der Waals surface area contributed by atoms with Crippen molar-refractivity contribution in [2.75, 3.05) is 11.9 Å². The van der Waals surface area contributed by atoms with Crippen LogP contribution in [0.4, 0.5) is 5.69 Å². The number of anilines is 1. The van der Waals surface area contributed by atoms with Crippen LogP contribution >= 0.6 is 0 Å². The second kappa shape index (κ2) is 10.3. The molecule has 33 heavy (non-hydrogen) atoms. The maximum atomic E-state index is 13.0. The van der Waals surface area contributed by atoms with E-state index in [9.17, 15) is 14.4 Å². The molecular weight excluding hydrogens is 420 g/mol. The number of hydrogen-bond acceptors (Lipinski definition) is 6. The molecule has 0 bridgehead atoms. The molecule has 1 fully saturated rings. The summed E-state index contributed by atoms with van der Waals surface area (Å²) in [5.74, 6) is 0.252. The first kappa shape index (κ1) is 22.6. The van der Waals surface area contributed by atoms with Crippen LogP contribution in [0, 0.1) is 6.92 Å². The van der Waals surface area contributed by atoms with E-state index in [2.05, 4.69) is 25.8 Å². The molecule has 0 saturated carbocycles. The molecule has 2 aliphatic rings. The summed E-state index contributed by atoms with van der Waals surface area (Å²) < 4.78 is 0. The molecule has 9 heteroatoms. The maximum Gasteiger partial charge on any atom is 0.259 e. The SMILES string of the molecule is Cc1nc([C@@H]2CCCCN2C(=O)CCC2=NNC(=O)CC2)ncc1C(=O)Nc1ccccc1. The Morgan fingerprint density at radius 2 is 2.00 bits per heavy atom. The second-order valence-electron chi connectivity index (χ2n) is 8.36. The number of rotatable bonds is 6. The Bertz CT molecular complexity index is 1070. The average Bonchev–Trinajstić information content (AvgIpc) is 2.84. The van der Waals surface area contributed by atoms with E-state index in [0.29, 0.717) is 55.0 Å². The number of likely N-dealkylation sites (tertiary alicyclic amines) is 1. The predicted molar refractivity (Wildman–Crippen MR) is 124 cm³/mol. The molecule has 0 unspecified atom stereocenters. The topological polar surface area (TPSA) is 117 Å². The molecular formula is C24H28N6O3. The molecule has 2 aromatic rings. The van der Waals surface area contributed by atoms with E-state index < -0.39 is 0 Å². The fourth-order valence-electron chi connectivity index (χ4n) is 4.17. The molecule has 3 amide bonds. The molecule has 3 heterocycles. The van der Waals surface area contributed by atoms with Gasteiger partial charge in [0, 0.05) is 37.0 Å². The molecule has 1 saturated heterocycles. The Labute approximate surface area is 192 Å². The zero-order valence-corrected chi connectivity index (χ0v) is 18.7. The highest BCUT2D eigenvalue weighted by Gasteiger charge is 2.30. The van der Waals surface area contributed by atoms with Crippen molar-refractivity contribution in [1.82, 2.24) is 20.3 Å². The van der Waals surface area contributed by atoms with Gasteiger partial charge >= 0.3 is 0 Å². The number of nitrogens with zero attached hydrogens (tertiary/aromatic N) is 4. The number of aromatic nitrogens is 2. The van der Waals surface area contributed by atoms with Crippen LogP contribution < -0.4 is 10.7 Å². The number of aryl methyl sites for hydroxylation is 1. The summed E-state index contributed by atoms with van der Waals surface area (Å²) in [5, 5.41) is 6.91. The molecule has 1 atom stereocenters. The van der Waals surface area contributed by atoms with Gasteiger partial charge in [-0.05, 0) is 51.2 Å². The van der Waals surface area contributed by atoms with E-state index in [1.807, 2.05) is 35.2 Å². The zero-order valence-electron chi connectivity index (χ0n) is 18.7. The first-order chi connectivity index (χ1) is 16.0. The lowest BCUT2D eigenvalue weighted by Crippen LogP contribution is -2.39. The molecule has 172 valence electrons. The summed E-state index contributed by atoms with van der Waals surface area (Å²) in [6.07, 6.45) is 6.14. The van der Waals surface area contributed by atoms with Gasteiger partial charge in [-0.15, -0.1) is 0 Å². The molecule has 1 aromatic carbocycles. The largest absolute Gasteiger partial charge is 0.332 e. The highest BCUT2D eigenvalue weighted by Crippen LogP contribution is 2.30. The van der Waals surface area contributed by atoms with Gasteiger partial charge in [0.25, 0.3) is 5.91 Å². The number of hydrogen-bond donors (Lipinski definition) is 2. The first-order valence-corrected chi connectivity index (χ1v) is 11.3. The van der Waals surface area contributed by atoms with Crippen LogP contribution in [0.15, 0.2) is 41.6 Å². The standard InChI is InChI=1S/C24H28N6O3/c1-16-19(24(33)27-17-7-3-2-4-8-17)15-25-23(26-16)20-9-5-6-14-30(20)22(32)13-11-18-10-12-21(31)29-28-18/h2-4,7-8,15,20H,5-6,9-14H2,1H3,(H,27,33)(H,29,31)/t20-/m0/s1. The molecule has 1 aromatic heterocycles. The van der Waals surface area contributed by atoms with Gasteiger partial charge in [-0.2, -0.15) is 5.10 Å². The summed E-state index contributed by atoms with van der Waals surface area (Å²) >= 11 is 0. The Morgan fingerprint density at radius 3 is 2.73 bits per heavy atom. The third-order valence-corrected chi connectivity index (χ3v) is 6.00. The van der Waals surface area contributed by atoms with Gasteiger partial charge in [0.2, 0.25) is 11.8 Å². The third kappa shape index (κ3) is 5.60. The van der Waals surface area contributed by atoms with Gasteiger partial charge in [0.1, 0.15) is 0 Å². The number of nitrogens with one attached hydrogen (secondary N) is 2. The van der Waals surface area contributed by atoms with Gasteiger partial charge in [-0.25, -0.2) is 15.4 Å². The number of piperidine rings is 1. The summed E-state index contributed by atoms with van der Waals surface area (Å²) in [7, 11) is 0. The van der Waals surface area contributed by atoms with E-state index in [4.69, 9.17) is 0 Å². The first-order valence-electron chi connectivity index (χ1n) is 11.3. The van der Waals surface area contributed by atoms with Gasteiger partial charge in [0.05, 0.1) is 17.3 Å². The normalized spacial score (nSPS) is 18.3. The van der Waals surface area contributed by atoms with Crippen LogP contribution in [0.3, 0.4) is 0 Å². The molecule has 9 nitrogen and oxygen atoms in total. The molecule has 4 rings (SSSR count).